The van der Waals surface area contributed by atoms with Crippen molar-refractivity contribution >= 4 is 28.6 Å². The molecule has 0 spiro atoms. The first-order chi connectivity index (χ1) is 15.8. The zero-order valence-corrected chi connectivity index (χ0v) is 19.0. The van der Waals surface area contributed by atoms with E-state index in [2.05, 4.69) is 10.6 Å². The molecule has 9 heteroatoms. The Balaban J connectivity index is 1.44. The lowest BCUT2D eigenvalue weighted by Gasteiger charge is -2.08. The van der Waals surface area contributed by atoms with Crippen LogP contribution in [0.4, 0.5) is 0 Å². The van der Waals surface area contributed by atoms with Gasteiger partial charge in [0.1, 0.15) is 28.9 Å². The van der Waals surface area contributed by atoms with E-state index in [9.17, 15) is 14.7 Å². The summed E-state index contributed by atoms with van der Waals surface area (Å²) in [5.74, 6) is 1.25. The Hall–Kier alpha value is -3.33. The second kappa shape index (κ2) is 9.66. The van der Waals surface area contributed by atoms with Gasteiger partial charge in [-0.25, -0.2) is 0 Å². The molecule has 1 amide bonds. The molecule has 0 fully saturated rings. The van der Waals surface area contributed by atoms with E-state index in [0.717, 1.165) is 11.3 Å². The lowest BCUT2D eigenvalue weighted by Crippen LogP contribution is -2.29. The Morgan fingerprint density at radius 1 is 1.15 bits per heavy atom. The molecule has 3 heterocycles. The molecule has 0 aliphatic heterocycles. The predicted octanol–water partition coefficient (Wildman–Crippen LogP) is 3.44. The van der Waals surface area contributed by atoms with Crippen molar-refractivity contribution < 1.29 is 18.7 Å². The number of aliphatic hydroxyl groups excluding tert-OH is 1. The van der Waals surface area contributed by atoms with E-state index in [4.69, 9.17) is 20.4 Å². The van der Waals surface area contributed by atoms with Crippen molar-refractivity contribution in [3.8, 4) is 0 Å². The lowest BCUT2D eigenvalue weighted by atomic mass is 10.2. The molecule has 33 heavy (non-hydrogen) atoms. The molecule has 4 aromatic rings. The van der Waals surface area contributed by atoms with Crippen LogP contribution >= 0.6 is 11.6 Å². The third-order valence-corrected chi connectivity index (χ3v) is 5.49. The van der Waals surface area contributed by atoms with Crippen LogP contribution in [0.5, 0.6) is 0 Å². The van der Waals surface area contributed by atoms with Crippen LogP contribution in [-0.2, 0) is 20.1 Å². The summed E-state index contributed by atoms with van der Waals surface area (Å²) in [6.45, 7) is 2.63. The number of furan rings is 2. The smallest absolute Gasteiger partial charge is 0.257 e. The van der Waals surface area contributed by atoms with E-state index in [1.807, 2.05) is 19.1 Å². The number of benzene rings is 1. The minimum Gasteiger partial charge on any atom is -0.464 e. The van der Waals surface area contributed by atoms with Gasteiger partial charge in [0, 0.05) is 31.4 Å². The molecule has 0 aliphatic rings. The Bertz CT molecular complexity index is 1340. The van der Waals surface area contributed by atoms with Crippen LogP contribution < -0.4 is 16.1 Å². The maximum atomic E-state index is 12.9. The molecule has 1 aromatic carbocycles. The molecule has 0 aliphatic carbocycles. The van der Waals surface area contributed by atoms with Gasteiger partial charge in [-0.05, 0) is 42.8 Å². The third kappa shape index (κ3) is 5.19. The number of fused-ring (bicyclic) bond motifs is 1. The molecular weight excluding hydrogens is 446 g/mol. The van der Waals surface area contributed by atoms with E-state index in [-0.39, 0.29) is 18.7 Å². The number of nitrogens with zero attached hydrogens (tertiary/aromatic N) is 1. The maximum absolute atomic E-state index is 12.9. The van der Waals surface area contributed by atoms with Crippen LogP contribution in [0.1, 0.15) is 39.3 Å². The lowest BCUT2D eigenvalue weighted by molar-refractivity contribution is 0.0949. The Labute approximate surface area is 194 Å². The molecule has 8 nitrogen and oxygen atoms in total. The van der Waals surface area contributed by atoms with E-state index in [1.54, 1.807) is 41.9 Å². The van der Waals surface area contributed by atoms with E-state index in [0.29, 0.717) is 34.2 Å². The fraction of sp³-hybridized carbons (Fsp3) is 0.250. The summed E-state index contributed by atoms with van der Waals surface area (Å²) in [6, 6.07) is 12.2. The standard InChI is InChI=1S/C24H24ClN3O5/c1-14-3-8-21(32-14)20(29)12-26-11-17-9-18-22(30)19(13-28(2)24(18)33-17)23(31)27-10-15-4-6-16(25)7-5-15/h3-9,13,20,26,29H,10-12H2,1-2H3,(H,27,31). The van der Waals surface area contributed by atoms with Gasteiger partial charge in [-0.1, -0.05) is 23.7 Å². The fourth-order valence-corrected chi connectivity index (χ4v) is 3.63. The zero-order valence-electron chi connectivity index (χ0n) is 18.2. The summed E-state index contributed by atoms with van der Waals surface area (Å²) >= 11 is 5.88. The number of amides is 1. The number of nitrogens with one attached hydrogen (secondary N) is 2. The van der Waals surface area contributed by atoms with Gasteiger partial charge in [-0.15, -0.1) is 0 Å². The van der Waals surface area contributed by atoms with Crippen LogP contribution in [0.2, 0.25) is 5.02 Å². The first kappa shape index (κ1) is 22.8. The minimum atomic E-state index is -0.801. The van der Waals surface area contributed by atoms with Gasteiger partial charge in [0.15, 0.2) is 0 Å². The van der Waals surface area contributed by atoms with Crippen molar-refractivity contribution in [2.75, 3.05) is 6.54 Å². The number of hydrogen-bond acceptors (Lipinski definition) is 6. The van der Waals surface area contributed by atoms with Gasteiger partial charge in [0.25, 0.3) is 5.91 Å². The third-order valence-electron chi connectivity index (χ3n) is 5.23. The highest BCUT2D eigenvalue weighted by molar-refractivity contribution is 6.30. The number of halogens is 1. The molecule has 0 bridgehead atoms. The van der Waals surface area contributed by atoms with Crippen molar-refractivity contribution in [3.05, 3.63) is 92.3 Å². The molecule has 4 rings (SSSR count). The number of aryl methyl sites for hydroxylation is 2. The number of pyridine rings is 1. The monoisotopic (exact) mass is 469 g/mol. The number of carbonyl (C=O) groups is 1. The van der Waals surface area contributed by atoms with E-state index < -0.39 is 17.4 Å². The van der Waals surface area contributed by atoms with Crippen molar-refractivity contribution in [3.63, 3.8) is 0 Å². The quantitative estimate of drug-likeness (QED) is 0.364. The summed E-state index contributed by atoms with van der Waals surface area (Å²) in [5, 5.41) is 17.0. The number of aliphatic hydroxyl groups is 1. The van der Waals surface area contributed by atoms with Crippen LogP contribution in [0, 0.1) is 6.92 Å². The second-order valence-electron chi connectivity index (χ2n) is 7.82. The summed E-state index contributed by atoms with van der Waals surface area (Å²) in [7, 11) is 1.71. The number of carbonyl (C=O) groups excluding carboxylic acids is 1. The van der Waals surface area contributed by atoms with Crippen molar-refractivity contribution in [1.29, 1.82) is 0 Å². The number of aromatic nitrogens is 1. The van der Waals surface area contributed by atoms with Crippen molar-refractivity contribution in [2.24, 2.45) is 7.05 Å². The summed E-state index contributed by atoms with van der Waals surface area (Å²) < 4.78 is 12.8. The van der Waals surface area contributed by atoms with Crippen LogP contribution in [0.25, 0.3) is 11.1 Å². The predicted molar refractivity (Wildman–Crippen MR) is 124 cm³/mol. The Morgan fingerprint density at radius 3 is 2.61 bits per heavy atom. The van der Waals surface area contributed by atoms with Gasteiger partial charge in [-0.3, -0.25) is 9.59 Å². The molecule has 1 unspecified atom stereocenters. The molecule has 0 saturated heterocycles. The summed E-state index contributed by atoms with van der Waals surface area (Å²) in [4.78, 5) is 25.6. The van der Waals surface area contributed by atoms with Gasteiger partial charge < -0.3 is 29.1 Å². The van der Waals surface area contributed by atoms with E-state index in [1.165, 1.54) is 6.20 Å². The molecule has 0 saturated carbocycles. The van der Waals surface area contributed by atoms with Crippen LogP contribution in [0.15, 0.2) is 62.3 Å². The second-order valence-corrected chi connectivity index (χ2v) is 8.26. The molecule has 172 valence electrons. The maximum Gasteiger partial charge on any atom is 0.257 e. The minimum absolute atomic E-state index is 0.0304. The van der Waals surface area contributed by atoms with Gasteiger partial charge in [0.2, 0.25) is 11.1 Å². The number of hydrogen-bond donors (Lipinski definition) is 3. The number of rotatable bonds is 8. The van der Waals surface area contributed by atoms with Gasteiger partial charge in [0.05, 0.1) is 11.9 Å². The van der Waals surface area contributed by atoms with Crippen LogP contribution in [0.3, 0.4) is 0 Å². The highest BCUT2D eigenvalue weighted by Crippen LogP contribution is 2.18. The molecule has 1 atom stereocenters. The van der Waals surface area contributed by atoms with Crippen molar-refractivity contribution in [2.45, 2.75) is 26.1 Å². The largest absolute Gasteiger partial charge is 0.464 e. The molecule has 0 radical (unpaired) electrons. The molecule has 3 N–H and O–H groups in total. The topological polar surface area (TPSA) is 110 Å². The highest BCUT2D eigenvalue weighted by Gasteiger charge is 2.18. The normalized spacial score (nSPS) is 12.2. The first-order valence-corrected chi connectivity index (χ1v) is 10.8. The first-order valence-electron chi connectivity index (χ1n) is 10.4. The molecule has 3 aromatic heterocycles. The van der Waals surface area contributed by atoms with Crippen molar-refractivity contribution in [1.82, 2.24) is 15.2 Å². The van der Waals surface area contributed by atoms with Gasteiger partial charge >= 0.3 is 0 Å². The van der Waals surface area contributed by atoms with Crippen LogP contribution in [-0.4, -0.2) is 22.1 Å². The van der Waals surface area contributed by atoms with E-state index >= 15 is 0 Å². The summed E-state index contributed by atoms with van der Waals surface area (Å²) in [5.41, 5.74) is 0.864. The zero-order chi connectivity index (χ0) is 23.5. The van der Waals surface area contributed by atoms with Gasteiger partial charge in [-0.2, -0.15) is 0 Å². The Morgan fingerprint density at radius 2 is 1.91 bits per heavy atom. The summed E-state index contributed by atoms with van der Waals surface area (Å²) in [6.07, 6.45) is 0.663. The SMILES string of the molecule is Cc1ccc(C(O)CNCc2cc3c(=O)c(C(=O)NCc4ccc(Cl)cc4)cn(C)c3o2)o1. The average molecular weight is 470 g/mol. The average Bonchev–Trinajstić information content (AvgIpc) is 3.42. The Kier molecular flexibility index (Phi) is 6.69. The highest BCUT2D eigenvalue weighted by atomic mass is 35.5. The molecular formula is C24H24ClN3O5. The fourth-order valence-electron chi connectivity index (χ4n) is 3.51.